The van der Waals surface area contributed by atoms with Crippen LogP contribution in [-0.4, -0.2) is 78.5 Å². The highest BCUT2D eigenvalue weighted by Gasteiger charge is 2.43. The Kier molecular flexibility index (Phi) is 8.73. The molecule has 11 heteroatoms. The molecule has 1 fully saturated rings. The van der Waals surface area contributed by atoms with Crippen molar-refractivity contribution in [2.45, 2.75) is 77.2 Å². The van der Waals surface area contributed by atoms with Gasteiger partial charge in [0, 0.05) is 37.3 Å². The van der Waals surface area contributed by atoms with Crippen LogP contribution < -0.4 is 16.4 Å². The number of urea groups is 1. The Balaban J connectivity index is 1.27. The van der Waals surface area contributed by atoms with Gasteiger partial charge in [0.05, 0.1) is 18.5 Å². The number of nitrogen functional groups attached to an aromatic ring is 1. The molecule has 2 amide bonds. The molecule has 6 N–H and O–H groups in total. The molecule has 0 saturated heterocycles. The normalized spacial score (nSPS) is 21.7. The summed E-state index contributed by atoms with van der Waals surface area (Å²) < 4.78 is 1.79. The molecule has 1 unspecified atom stereocenters. The van der Waals surface area contributed by atoms with E-state index in [1.807, 2.05) is 24.3 Å². The van der Waals surface area contributed by atoms with Crippen LogP contribution in [-0.2, 0) is 5.41 Å². The lowest BCUT2D eigenvalue weighted by molar-refractivity contribution is -0.00171. The molecule has 3 aromatic rings. The van der Waals surface area contributed by atoms with Gasteiger partial charge in [-0.3, -0.25) is 0 Å². The highest BCUT2D eigenvalue weighted by atomic mass is 16.3. The average Bonchev–Trinajstić information content (AvgIpc) is 3.42. The van der Waals surface area contributed by atoms with Gasteiger partial charge in [0.2, 0.25) is 0 Å². The molecule has 4 rings (SSSR count). The van der Waals surface area contributed by atoms with Gasteiger partial charge in [-0.1, -0.05) is 32.9 Å². The van der Waals surface area contributed by atoms with E-state index in [-0.39, 0.29) is 35.3 Å². The third-order valence-corrected chi connectivity index (χ3v) is 7.63. The van der Waals surface area contributed by atoms with Crippen molar-refractivity contribution in [2.75, 3.05) is 30.7 Å². The molecule has 0 spiro atoms. The summed E-state index contributed by atoms with van der Waals surface area (Å²) in [5.41, 5.74) is 8.99. The van der Waals surface area contributed by atoms with E-state index in [9.17, 15) is 15.0 Å². The molecule has 1 aliphatic rings. The van der Waals surface area contributed by atoms with Crippen LogP contribution in [0.1, 0.15) is 59.1 Å². The minimum atomic E-state index is -0.944. The fourth-order valence-corrected chi connectivity index (χ4v) is 5.24. The van der Waals surface area contributed by atoms with Crippen molar-refractivity contribution in [3.8, 4) is 0 Å². The fraction of sp³-hybridized carbons (Fsp3) is 0.571. The Morgan fingerprint density at radius 1 is 1.15 bits per heavy atom. The third-order valence-electron chi connectivity index (χ3n) is 7.63. The van der Waals surface area contributed by atoms with Gasteiger partial charge in [-0.25, -0.2) is 19.7 Å². The average molecular weight is 539 g/mol. The number of imidazole rings is 1. The van der Waals surface area contributed by atoms with E-state index in [4.69, 9.17) is 5.73 Å². The van der Waals surface area contributed by atoms with Crippen LogP contribution in [0.25, 0.3) is 11.2 Å². The van der Waals surface area contributed by atoms with Crippen LogP contribution in [0.2, 0.25) is 0 Å². The van der Waals surface area contributed by atoms with Crippen LogP contribution in [0.4, 0.5) is 16.3 Å². The summed E-state index contributed by atoms with van der Waals surface area (Å²) in [7, 11) is 0. The van der Waals surface area contributed by atoms with Gasteiger partial charge in [0.1, 0.15) is 17.9 Å². The van der Waals surface area contributed by atoms with Crippen LogP contribution in [0.3, 0.4) is 0 Å². The second kappa shape index (κ2) is 11.8. The zero-order valence-corrected chi connectivity index (χ0v) is 23.5. The van der Waals surface area contributed by atoms with Gasteiger partial charge in [-0.05, 0) is 49.8 Å². The topological polar surface area (TPSA) is 154 Å². The number of fused-ring (bicyclic) bond motifs is 1. The number of nitrogens with one attached hydrogen (secondary N) is 2. The van der Waals surface area contributed by atoms with Gasteiger partial charge >= 0.3 is 6.03 Å². The lowest BCUT2D eigenvalue weighted by Gasteiger charge is -2.30. The Labute approximate surface area is 229 Å². The van der Waals surface area contributed by atoms with E-state index in [2.05, 4.69) is 65.1 Å². The van der Waals surface area contributed by atoms with Gasteiger partial charge in [0.15, 0.2) is 11.5 Å². The summed E-state index contributed by atoms with van der Waals surface area (Å²) in [5.74, 6) is 0.159. The van der Waals surface area contributed by atoms with Gasteiger partial charge in [-0.15, -0.1) is 0 Å². The number of aliphatic hydroxyl groups excluding tert-OH is 2. The number of carbonyl (C=O) groups excluding carboxylic acids is 1. The first kappa shape index (κ1) is 28.7. The number of amides is 2. The number of rotatable bonds is 9. The molecule has 39 heavy (non-hydrogen) atoms. The number of aromatic nitrogens is 4. The van der Waals surface area contributed by atoms with Crippen molar-refractivity contribution in [1.82, 2.24) is 29.7 Å². The van der Waals surface area contributed by atoms with Crippen molar-refractivity contribution in [2.24, 2.45) is 5.92 Å². The van der Waals surface area contributed by atoms with E-state index in [0.29, 0.717) is 30.7 Å². The van der Waals surface area contributed by atoms with Crippen molar-refractivity contribution >= 4 is 28.7 Å². The summed E-state index contributed by atoms with van der Waals surface area (Å²) in [6, 6.07) is 7.56. The summed E-state index contributed by atoms with van der Waals surface area (Å²) in [5, 5.41) is 27.6. The maximum atomic E-state index is 12.4. The molecule has 0 radical (unpaired) electrons. The standard InChI is InChI=1S/C28H42N8O3/c1-17(2)35(12-6-11-30-27(39)34-20-9-7-19(8-10-20)28(3,4)5)14-18-13-21(24(38)23(18)37)36-16-33-22-25(29)31-15-32-26(22)36/h7-10,15-18,21,23-24,37-38H,6,11-14H2,1-5H3,(H2,29,31,32)(H2,30,34,39)/t18?,21-,23-,24+/m1/s1. The van der Waals surface area contributed by atoms with Crippen LogP contribution in [0, 0.1) is 5.92 Å². The van der Waals surface area contributed by atoms with Gasteiger partial charge in [0.25, 0.3) is 0 Å². The minimum Gasteiger partial charge on any atom is -0.390 e. The number of benzene rings is 1. The van der Waals surface area contributed by atoms with Crippen molar-refractivity contribution in [3.05, 3.63) is 42.5 Å². The second-order valence-corrected chi connectivity index (χ2v) is 11.8. The molecule has 1 aliphatic carbocycles. The summed E-state index contributed by atoms with van der Waals surface area (Å²) in [6.45, 7) is 12.6. The van der Waals surface area contributed by atoms with Gasteiger partial charge in [-0.2, -0.15) is 0 Å². The predicted octanol–water partition coefficient (Wildman–Crippen LogP) is 2.91. The smallest absolute Gasteiger partial charge is 0.319 e. The monoisotopic (exact) mass is 538 g/mol. The number of hydrogen-bond acceptors (Lipinski definition) is 8. The predicted molar refractivity (Wildman–Crippen MR) is 152 cm³/mol. The van der Waals surface area contributed by atoms with Crippen LogP contribution >= 0.6 is 0 Å². The highest BCUT2D eigenvalue weighted by molar-refractivity contribution is 5.89. The number of nitrogens with zero attached hydrogens (tertiary/aromatic N) is 5. The molecule has 11 nitrogen and oxygen atoms in total. The Morgan fingerprint density at radius 2 is 1.87 bits per heavy atom. The van der Waals surface area contributed by atoms with E-state index >= 15 is 0 Å². The summed E-state index contributed by atoms with van der Waals surface area (Å²) >= 11 is 0. The highest BCUT2D eigenvalue weighted by Crippen LogP contribution is 2.37. The van der Waals surface area contributed by atoms with Crippen molar-refractivity contribution < 1.29 is 15.0 Å². The largest absolute Gasteiger partial charge is 0.390 e. The number of aliphatic hydroxyl groups is 2. The molecule has 2 aromatic heterocycles. The van der Waals surface area contributed by atoms with Gasteiger partial charge < -0.3 is 36.0 Å². The maximum Gasteiger partial charge on any atom is 0.319 e. The number of hydrogen-bond donors (Lipinski definition) is 5. The quantitative estimate of drug-likeness (QED) is 0.261. The van der Waals surface area contributed by atoms with Crippen molar-refractivity contribution in [1.29, 1.82) is 0 Å². The molecular weight excluding hydrogens is 496 g/mol. The van der Waals surface area contributed by atoms with E-state index in [1.54, 1.807) is 10.9 Å². The van der Waals surface area contributed by atoms with Crippen LogP contribution in [0.15, 0.2) is 36.9 Å². The number of anilines is 2. The first-order valence-electron chi connectivity index (χ1n) is 13.6. The summed E-state index contributed by atoms with van der Waals surface area (Å²) in [4.78, 5) is 27.2. The molecule has 4 atom stereocenters. The van der Waals surface area contributed by atoms with E-state index < -0.39 is 12.2 Å². The van der Waals surface area contributed by atoms with Crippen molar-refractivity contribution in [3.63, 3.8) is 0 Å². The Bertz CT molecular complexity index is 1250. The zero-order chi connectivity index (χ0) is 28.3. The number of nitrogens with two attached hydrogens (primary N) is 1. The molecule has 212 valence electrons. The van der Waals surface area contributed by atoms with Crippen LogP contribution in [0.5, 0.6) is 0 Å². The first-order valence-corrected chi connectivity index (χ1v) is 13.6. The second-order valence-electron chi connectivity index (χ2n) is 11.8. The third kappa shape index (κ3) is 6.66. The molecule has 0 aliphatic heterocycles. The zero-order valence-electron chi connectivity index (χ0n) is 23.5. The summed E-state index contributed by atoms with van der Waals surface area (Å²) in [6.07, 6.45) is 2.50. The molecule has 1 saturated carbocycles. The molecule has 1 aromatic carbocycles. The Hall–Kier alpha value is -3.28. The maximum absolute atomic E-state index is 12.4. The van der Waals surface area contributed by atoms with E-state index in [1.165, 1.54) is 11.9 Å². The fourth-order valence-electron chi connectivity index (χ4n) is 5.24. The SMILES string of the molecule is CC(C)N(CCCNC(=O)Nc1ccc(C(C)(C)C)cc1)CC1C[C@@H](n2cnc3c(N)ncnc32)[C@H](O)[C@@H]1O. The lowest BCUT2D eigenvalue weighted by atomic mass is 9.87. The molecule has 0 bridgehead atoms. The molecule has 2 heterocycles. The minimum absolute atomic E-state index is 0.0634. The lowest BCUT2D eigenvalue weighted by Crippen LogP contribution is -2.41. The number of carbonyl (C=O) groups is 1. The Morgan fingerprint density at radius 3 is 2.54 bits per heavy atom. The molecular formula is C28H42N8O3. The first-order chi connectivity index (χ1) is 18.5. The van der Waals surface area contributed by atoms with E-state index in [0.717, 1.165) is 18.7 Å².